The number of hydrogen-bond acceptors (Lipinski definition) is 3. The zero-order valence-electron chi connectivity index (χ0n) is 15.7. The van der Waals surface area contributed by atoms with Gasteiger partial charge in [-0.15, -0.1) is 0 Å². The quantitative estimate of drug-likeness (QED) is 0.633. The number of carbonyl (C=O) groups excluding carboxylic acids is 1. The minimum absolute atomic E-state index is 0.0363. The van der Waals surface area contributed by atoms with E-state index in [0.717, 1.165) is 19.4 Å². The Hall–Kier alpha value is -1.78. The molecule has 1 aromatic heterocycles. The largest absolute Gasteiger partial charge is 0.484 e. The summed E-state index contributed by atoms with van der Waals surface area (Å²) in [6.45, 7) is 1.04. The van der Waals surface area contributed by atoms with Gasteiger partial charge in [0.15, 0.2) is 5.75 Å². The Kier molecular flexibility index (Phi) is 6.07. The van der Waals surface area contributed by atoms with Crippen LogP contribution in [-0.4, -0.2) is 28.4 Å². The number of fused-ring (bicyclic) bond motifs is 1. The van der Waals surface area contributed by atoms with Crippen LogP contribution in [0.2, 0.25) is 10.0 Å². The van der Waals surface area contributed by atoms with E-state index in [9.17, 15) is 4.79 Å². The molecule has 2 atom stereocenters. The number of benzene rings is 1. The summed E-state index contributed by atoms with van der Waals surface area (Å²) in [6, 6.07) is 11.1. The average molecular weight is 419 g/mol. The molecular formula is C22H24Cl2N2O2. The van der Waals surface area contributed by atoms with E-state index >= 15 is 0 Å². The summed E-state index contributed by atoms with van der Waals surface area (Å²) in [5.74, 6) is 1.12. The maximum atomic E-state index is 13.2. The fourth-order valence-corrected chi connectivity index (χ4v) is 4.98. The highest BCUT2D eigenvalue weighted by Gasteiger charge is 2.36. The molecule has 2 unspecified atom stereocenters. The molecule has 2 heterocycles. The lowest BCUT2D eigenvalue weighted by atomic mass is 9.78. The minimum atomic E-state index is 0.0363. The first-order chi connectivity index (χ1) is 13.6. The van der Waals surface area contributed by atoms with Crippen molar-refractivity contribution >= 4 is 29.1 Å². The number of nitrogens with zero attached hydrogens (tertiary/aromatic N) is 2. The second-order valence-electron chi connectivity index (χ2n) is 7.61. The topological polar surface area (TPSA) is 42.4 Å². The molecule has 2 aromatic rings. The van der Waals surface area contributed by atoms with Gasteiger partial charge in [-0.2, -0.15) is 0 Å². The standard InChI is InChI=1S/C22H24Cl2N2O2/c23-17-9-4-10-18(24)21(17)28-14-16-8-3-11-19(25-16)22(27)26-13-5-7-15-6-1-2-12-20(15)26/h3-4,8-11,15,20H,1-2,5-7,12-14H2. The SMILES string of the molecule is O=C(c1cccc(COc2c(Cl)cccc2Cl)n1)N1CCCC2CCCCC21. The van der Waals surface area contributed by atoms with Crippen molar-refractivity contribution in [3.8, 4) is 5.75 Å². The molecule has 1 aliphatic carbocycles. The summed E-state index contributed by atoms with van der Waals surface area (Å²) < 4.78 is 5.77. The predicted molar refractivity (Wildman–Crippen MR) is 111 cm³/mol. The summed E-state index contributed by atoms with van der Waals surface area (Å²) in [5.41, 5.74) is 1.16. The molecule has 1 aromatic carbocycles. The predicted octanol–water partition coefficient (Wildman–Crippen LogP) is 5.76. The number of ether oxygens (including phenoxy) is 1. The zero-order chi connectivity index (χ0) is 19.5. The van der Waals surface area contributed by atoms with Crippen LogP contribution in [0, 0.1) is 5.92 Å². The third-order valence-electron chi connectivity index (χ3n) is 5.81. The summed E-state index contributed by atoms with van der Waals surface area (Å²) in [7, 11) is 0. The zero-order valence-corrected chi connectivity index (χ0v) is 17.3. The highest BCUT2D eigenvalue weighted by Crippen LogP contribution is 2.36. The van der Waals surface area contributed by atoms with Crippen LogP contribution < -0.4 is 4.74 Å². The lowest BCUT2D eigenvalue weighted by Gasteiger charge is -2.44. The summed E-state index contributed by atoms with van der Waals surface area (Å²) in [5, 5.41) is 0.910. The molecule has 1 saturated carbocycles. The number of rotatable bonds is 4. The van der Waals surface area contributed by atoms with E-state index in [-0.39, 0.29) is 12.5 Å². The van der Waals surface area contributed by atoms with Crippen molar-refractivity contribution in [2.45, 2.75) is 51.2 Å². The van der Waals surface area contributed by atoms with Gasteiger partial charge in [0.05, 0.1) is 15.7 Å². The van der Waals surface area contributed by atoms with Crippen molar-refractivity contribution < 1.29 is 9.53 Å². The maximum Gasteiger partial charge on any atom is 0.272 e. The van der Waals surface area contributed by atoms with Gasteiger partial charge in [-0.05, 0) is 55.9 Å². The van der Waals surface area contributed by atoms with Crippen LogP contribution in [0.4, 0.5) is 0 Å². The summed E-state index contributed by atoms with van der Waals surface area (Å²) in [6.07, 6.45) is 7.19. The highest BCUT2D eigenvalue weighted by molar-refractivity contribution is 6.37. The molecule has 1 saturated heterocycles. The molecule has 2 aliphatic rings. The molecule has 0 bridgehead atoms. The number of likely N-dealkylation sites (tertiary alicyclic amines) is 1. The van der Waals surface area contributed by atoms with E-state index in [2.05, 4.69) is 9.88 Å². The molecule has 2 fully saturated rings. The Labute approximate surface area is 175 Å². The van der Waals surface area contributed by atoms with Gasteiger partial charge in [0, 0.05) is 12.6 Å². The molecule has 0 spiro atoms. The Morgan fingerprint density at radius 1 is 1.04 bits per heavy atom. The minimum Gasteiger partial charge on any atom is -0.484 e. The number of halogens is 2. The monoisotopic (exact) mass is 418 g/mol. The lowest BCUT2D eigenvalue weighted by molar-refractivity contribution is 0.0385. The molecule has 4 rings (SSSR count). The second-order valence-corrected chi connectivity index (χ2v) is 8.42. The van der Waals surface area contributed by atoms with E-state index in [0.29, 0.717) is 39.1 Å². The number of amides is 1. The van der Waals surface area contributed by atoms with E-state index < -0.39 is 0 Å². The van der Waals surface area contributed by atoms with Gasteiger partial charge in [-0.25, -0.2) is 4.98 Å². The van der Waals surface area contributed by atoms with Gasteiger partial charge < -0.3 is 9.64 Å². The van der Waals surface area contributed by atoms with Gasteiger partial charge in [0.25, 0.3) is 5.91 Å². The van der Waals surface area contributed by atoms with Crippen molar-refractivity contribution in [2.75, 3.05) is 6.54 Å². The van der Waals surface area contributed by atoms with Crippen LogP contribution in [0.25, 0.3) is 0 Å². The smallest absolute Gasteiger partial charge is 0.272 e. The van der Waals surface area contributed by atoms with Crippen molar-refractivity contribution in [1.82, 2.24) is 9.88 Å². The van der Waals surface area contributed by atoms with E-state index in [1.807, 2.05) is 12.1 Å². The molecule has 1 aliphatic heterocycles. The molecule has 4 nitrogen and oxygen atoms in total. The lowest BCUT2D eigenvalue weighted by Crippen LogP contribution is -2.49. The average Bonchev–Trinajstić information content (AvgIpc) is 2.73. The molecule has 0 N–H and O–H groups in total. The normalized spacial score (nSPS) is 21.9. The van der Waals surface area contributed by atoms with E-state index in [1.165, 1.54) is 25.7 Å². The van der Waals surface area contributed by atoms with E-state index in [4.69, 9.17) is 27.9 Å². The second kappa shape index (κ2) is 8.71. The van der Waals surface area contributed by atoms with Crippen molar-refractivity contribution in [1.29, 1.82) is 0 Å². The third-order valence-corrected chi connectivity index (χ3v) is 6.41. The molecule has 0 radical (unpaired) electrons. The Morgan fingerprint density at radius 3 is 2.57 bits per heavy atom. The number of piperidine rings is 1. The molecule has 6 heteroatoms. The van der Waals surface area contributed by atoms with Crippen LogP contribution in [0.3, 0.4) is 0 Å². The fraction of sp³-hybridized carbons (Fsp3) is 0.455. The Morgan fingerprint density at radius 2 is 1.75 bits per heavy atom. The Balaban J connectivity index is 1.48. The number of aromatic nitrogens is 1. The van der Waals surface area contributed by atoms with Gasteiger partial charge >= 0.3 is 0 Å². The van der Waals surface area contributed by atoms with Crippen molar-refractivity contribution in [3.05, 3.63) is 57.8 Å². The van der Waals surface area contributed by atoms with Gasteiger partial charge in [-0.1, -0.05) is 48.2 Å². The van der Waals surface area contributed by atoms with Crippen LogP contribution in [0.5, 0.6) is 5.75 Å². The first-order valence-electron chi connectivity index (χ1n) is 9.97. The number of carbonyl (C=O) groups is 1. The van der Waals surface area contributed by atoms with Gasteiger partial charge in [0.2, 0.25) is 0 Å². The highest BCUT2D eigenvalue weighted by atomic mass is 35.5. The first kappa shape index (κ1) is 19.5. The summed E-state index contributed by atoms with van der Waals surface area (Å²) in [4.78, 5) is 19.8. The van der Waals surface area contributed by atoms with Crippen LogP contribution in [-0.2, 0) is 6.61 Å². The maximum absolute atomic E-state index is 13.2. The molecule has 148 valence electrons. The number of pyridine rings is 1. The summed E-state index contributed by atoms with van der Waals surface area (Å²) >= 11 is 12.3. The van der Waals surface area contributed by atoms with Crippen LogP contribution in [0.1, 0.15) is 54.7 Å². The van der Waals surface area contributed by atoms with Crippen molar-refractivity contribution in [3.63, 3.8) is 0 Å². The van der Waals surface area contributed by atoms with Crippen LogP contribution in [0.15, 0.2) is 36.4 Å². The van der Waals surface area contributed by atoms with Crippen LogP contribution >= 0.6 is 23.2 Å². The molecule has 28 heavy (non-hydrogen) atoms. The number of hydrogen-bond donors (Lipinski definition) is 0. The molecule has 1 amide bonds. The number of para-hydroxylation sites is 1. The van der Waals surface area contributed by atoms with Crippen molar-refractivity contribution in [2.24, 2.45) is 5.92 Å². The third kappa shape index (κ3) is 4.13. The van der Waals surface area contributed by atoms with Gasteiger partial charge in [0.1, 0.15) is 12.3 Å². The Bertz CT molecular complexity index is 836. The van der Waals surface area contributed by atoms with Gasteiger partial charge in [-0.3, -0.25) is 4.79 Å². The molecular weight excluding hydrogens is 395 g/mol. The van der Waals surface area contributed by atoms with E-state index in [1.54, 1.807) is 24.3 Å². The first-order valence-corrected chi connectivity index (χ1v) is 10.7. The fourth-order valence-electron chi connectivity index (χ4n) is 4.47.